The molecule has 0 aliphatic carbocycles. The molecule has 1 aromatic heterocycles. The molecule has 1 heterocycles. The van der Waals surface area contributed by atoms with Crippen LogP contribution in [0.15, 0.2) is 42.6 Å². The van der Waals surface area contributed by atoms with Crippen LogP contribution in [0.1, 0.15) is 27.0 Å². The molecule has 3 rings (SSSR count). The highest BCUT2D eigenvalue weighted by Gasteiger charge is 2.18. The van der Waals surface area contributed by atoms with E-state index in [-0.39, 0.29) is 5.56 Å². The lowest BCUT2D eigenvalue weighted by Gasteiger charge is -2.03. The number of aryl methyl sites for hydroxylation is 1. The van der Waals surface area contributed by atoms with Gasteiger partial charge in [-0.05, 0) is 42.8 Å². The molecule has 0 amide bonds. The number of rotatable bonds is 2. The van der Waals surface area contributed by atoms with Crippen molar-refractivity contribution in [2.45, 2.75) is 6.92 Å². The zero-order valence-electron chi connectivity index (χ0n) is 11.3. The lowest BCUT2D eigenvalue weighted by molar-refractivity contribution is 0.103. The second-order valence-corrected chi connectivity index (χ2v) is 4.89. The lowest BCUT2D eigenvalue weighted by atomic mass is 10.0. The lowest BCUT2D eigenvalue weighted by Crippen LogP contribution is -2.03. The number of carbonyl (C=O) groups is 1. The Balaban J connectivity index is 2.16. The van der Waals surface area contributed by atoms with E-state index in [4.69, 9.17) is 5.26 Å². The fraction of sp³-hybridized carbons (Fsp3) is 0.0588. The van der Waals surface area contributed by atoms with E-state index in [9.17, 15) is 9.18 Å². The van der Waals surface area contributed by atoms with Gasteiger partial charge in [-0.25, -0.2) is 4.39 Å². The van der Waals surface area contributed by atoms with E-state index < -0.39 is 11.6 Å². The van der Waals surface area contributed by atoms with E-state index in [2.05, 4.69) is 4.98 Å². The minimum atomic E-state index is -0.536. The van der Waals surface area contributed by atoms with Crippen molar-refractivity contribution in [3.63, 3.8) is 0 Å². The Hall–Kier alpha value is -2.93. The number of fused-ring (bicyclic) bond motifs is 1. The van der Waals surface area contributed by atoms with Gasteiger partial charge in [-0.2, -0.15) is 5.26 Å². The number of benzene rings is 2. The van der Waals surface area contributed by atoms with E-state index >= 15 is 0 Å². The second-order valence-electron chi connectivity index (χ2n) is 4.89. The van der Waals surface area contributed by atoms with E-state index in [1.165, 1.54) is 12.1 Å². The summed E-state index contributed by atoms with van der Waals surface area (Å²) >= 11 is 0. The average Bonchev–Trinajstić information content (AvgIpc) is 2.89. The van der Waals surface area contributed by atoms with E-state index in [0.717, 1.165) is 11.1 Å². The number of ketones is 1. The SMILES string of the molecule is Cc1ccc(C(=O)c2c[nH]c3ccc(C#N)cc23)c(F)c1. The first-order chi connectivity index (χ1) is 10.1. The van der Waals surface area contributed by atoms with Gasteiger partial charge in [0.25, 0.3) is 0 Å². The molecule has 4 heteroatoms. The largest absolute Gasteiger partial charge is 0.360 e. The third kappa shape index (κ3) is 2.19. The second kappa shape index (κ2) is 4.88. The van der Waals surface area contributed by atoms with Gasteiger partial charge in [0.05, 0.1) is 17.2 Å². The van der Waals surface area contributed by atoms with Crippen LogP contribution in [0.2, 0.25) is 0 Å². The van der Waals surface area contributed by atoms with Crippen LogP contribution in [0.4, 0.5) is 4.39 Å². The summed E-state index contributed by atoms with van der Waals surface area (Å²) in [6, 6.07) is 11.6. The highest BCUT2D eigenvalue weighted by Crippen LogP contribution is 2.23. The Morgan fingerprint density at radius 1 is 1.19 bits per heavy atom. The number of H-pyrrole nitrogens is 1. The topological polar surface area (TPSA) is 56.6 Å². The summed E-state index contributed by atoms with van der Waals surface area (Å²) in [6.07, 6.45) is 1.55. The summed E-state index contributed by atoms with van der Waals surface area (Å²) < 4.78 is 14.0. The van der Waals surface area contributed by atoms with Crippen LogP contribution in [-0.2, 0) is 0 Å². The Morgan fingerprint density at radius 3 is 2.71 bits per heavy atom. The number of halogens is 1. The van der Waals surface area contributed by atoms with E-state index in [1.807, 2.05) is 6.07 Å². The van der Waals surface area contributed by atoms with Crippen LogP contribution >= 0.6 is 0 Å². The van der Waals surface area contributed by atoms with E-state index in [0.29, 0.717) is 16.5 Å². The standard InChI is InChI=1S/C17H11FN2O/c1-10-2-4-12(15(18)6-10)17(21)14-9-20-16-5-3-11(8-19)7-13(14)16/h2-7,9,20H,1H3. The highest BCUT2D eigenvalue weighted by atomic mass is 19.1. The number of nitrogens with zero attached hydrogens (tertiary/aromatic N) is 1. The van der Waals surface area contributed by atoms with Crippen LogP contribution in [0.3, 0.4) is 0 Å². The molecule has 0 unspecified atom stereocenters. The minimum absolute atomic E-state index is 0.0314. The maximum atomic E-state index is 14.0. The smallest absolute Gasteiger partial charge is 0.198 e. The third-order valence-corrected chi connectivity index (χ3v) is 3.42. The monoisotopic (exact) mass is 278 g/mol. The van der Waals surface area contributed by atoms with Crippen molar-refractivity contribution in [3.8, 4) is 6.07 Å². The van der Waals surface area contributed by atoms with Gasteiger partial charge in [-0.15, -0.1) is 0 Å². The fourth-order valence-electron chi connectivity index (χ4n) is 2.33. The molecular formula is C17H11FN2O. The molecule has 0 radical (unpaired) electrons. The first-order valence-electron chi connectivity index (χ1n) is 6.42. The van der Waals surface area contributed by atoms with Crippen molar-refractivity contribution >= 4 is 16.7 Å². The molecule has 0 saturated carbocycles. The van der Waals surface area contributed by atoms with Crippen molar-refractivity contribution in [2.75, 3.05) is 0 Å². The maximum Gasteiger partial charge on any atom is 0.198 e. The molecule has 1 N–H and O–H groups in total. The van der Waals surface area contributed by atoms with Gasteiger partial charge in [-0.3, -0.25) is 4.79 Å². The summed E-state index contributed by atoms with van der Waals surface area (Å²) in [6.45, 7) is 1.77. The normalized spacial score (nSPS) is 10.5. The van der Waals surface area contributed by atoms with Crippen LogP contribution in [0.5, 0.6) is 0 Å². The Kier molecular flexibility index (Phi) is 3.03. The van der Waals surface area contributed by atoms with Gasteiger partial charge < -0.3 is 4.98 Å². The summed E-state index contributed by atoms with van der Waals surface area (Å²) in [5, 5.41) is 9.57. The molecule has 0 bridgehead atoms. The molecule has 0 aliphatic rings. The van der Waals surface area contributed by atoms with Crippen molar-refractivity contribution in [1.82, 2.24) is 4.98 Å². The molecule has 0 atom stereocenters. The Bertz CT molecular complexity index is 903. The summed E-state index contributed by atoms with van der Waals surface area (Å²) in [4.78, 5) is 15.5. The summed E-state index contributed by atoms with van der Waals surface area (Å²) in [5.74, 6) is -0.931. The zero-order chi connectivity index (χ0) is 15.0. The van der Waals surface area contributed by atoms with Crippen molar-refractivity contribution < 1.29 is 9.18 Å². The molecular weight excluding hydrogens is 267 g/mol. The van der Waals surface area contributed by atoms with Crippen LogP contribution in [0, 0.1) is 24.1 Å². The summed E-state index contributed by atoms with van der Waals surface area (Å²) in [5.41, 5.74) is 2.36. The van der Waals surface area contributed by atoms with Crippen LogP contribution in [0.25, 0.3) is 10.9 Å². The van der Waals surface area contributed by atoms with Gasteiger partial charge in [0, 0.05) is 22.7 Å². The van der Waals surface area contributed by atoms with Gasteiger partial charge in [0.15, 0.2) is 5.78 Å². The van der Waals surface area contributed by atoms with Gasteiger partial charge >= 0.3 is 0 Å². The van der Waals surface area contributed by atoms with Gasteiger partial charge in [0.2, 0.25) is 0 Å². The molecule has 0 fully saturated rings. The number of nitrogens with one attached hydrogen (secondary N) is 1. The van der Waals surface area contributed by atoms with Crippen molar-refractivity contribution in [2.24, 2.45) is 0 Å². The highest BCUT2D eigenvalue weighted by molar-refractivity contribution is 6.16. The Labute approximate surface area is 120 Å². The van der Waals surface area contributed by atoms with Gasteiger partial charge in [-0.1, -0.05) is 6.07 Å². The van der Waals surface area contributed by atoms with E-state index in [1.54, 1.807) is 37.4 Å². The van der Waals surface area contributed by atoms with Gasteiger partial charge in [0.1, 0.15) is 5.82 Å². The molecule has 102 valence electrons. The molecule has 3 aromatic rings. The number of hydrogen-bond acceptors (Lipinski definition) is 2. The van der Waals surface area contributed by atoms with Crippen molar-refractivity contribution in [1.29, 1.82) is 5.26 Å². The van der Waals surface area contributed by atoms with Crippen LogP contribution < -0.4 is 0 Å². The fourth-order valence-corrected chi connectivity index (χ4v) is 2.33. The van der Waals surface area contributed by atoms with Crippen molar-refractivity contribution in [3.05, 3.63) is 70.7 Å². The minimum Gasteiger partial charge on any atom is -0.360 e. The molecule has 2 aromatic carbocycles. The number of nitriles is 1. The molecule has 0 saturated heterocycles. The molecule has 21 heavy (non-hydrogen) atoms. The quantitative estimate of drug-likeness (QED) is 0.726. The predicted molar refractivity (Wildman–Crippen MR) is 77.6 cm³/mol. The molecule has 0 aliphatic heterocycles. The maximum absolute atomic E-state index is 14.0. The summed E-state index contributed by atoms with van der Waals surface area (Å²) in [7, 11) is 0. The first kappa shape index (κ1) is 13.1. The molecule has 0 spiro atoms. The Morgan fingerprint density at radius 2 is 2.00 bits per heavy atom. The predicted octanol–water partition coefficient (Wildman–Crippen LogP) is 3.72. The zero-order valence-corrected chi connectivity index (χ0v) is 11.3. The average molecular weight is 278 g/mol. The third-order valence-electron chi connectivity index (χ3n) is 3.42. The molecule has 3 nitrogen and oxygen atoms in total. The number of carbonyl (C=O) groups excluding carboxylic acids is 1. The number of aromatic nitrogens is 1. The number of aromatic amines is 1. The van der Waals surface area contributed by atoms with Crippen LogP contribution in [-0.4, -0.2) is 10.8 Å². The number of hydrogen-bond donors (Lipinski definition) is 1. The first-order valence-corrected chi connectivity index (χ1v) is 6.42.